The maximum Gasteiger partial charge on any atom is 0.248 e. The Morgan fingerprint density at radius 3 is 1.50 bits per heavy atom. The highest BCUT2D eigenvalue weighted by molar-refractivity contribution is 5.98. The van der Waals surface area contributed by atoms with Gasteiger partial charge in [-0.15, -0.1) is 0 Å². The van der Waals surface area contributed by atoms with Gasteiger partial charge in [-0.25, -0.2) is 9.97 Å². The molecular weight excluding hydrogens is 739 g/mol. The van der Waals surface area contributed by atoms with Crippen LogP contribution in [0.4, 0.5) is 0 Å². The third-order valence-electron chi connectivity index (χ3n) is 10.6. The number of aromatic nitrogens is 4. The molecule has 0 atom stereocenters. The monoisotopic (exact) mass is 806 g/mol. The summed E-state index contributed by atoms with van der Waals surface area (Å²) in [6, 6.07) is 35.9. The number of carbonyl (C=O) groups excluding carboxylic acids is 1. The minimum absolute atomic E-state index is 0.379. The third-order valence-corrected chi connectivity index (χ3v) is 10.6. The second-order valence-electron chi connectivity index (χ2n) is 15.7. The Morgan fingerprint density at radius 2 is 0.983 bits per heavy atom. The molecule has 60 heavy (non-hydrogen) atoms. The van der Waals surface area contributed by atoms with Crippen LogP contribution in [0.15, 0.2) is 109 Å². The topological polar surface area (TPSA) is 110 Å². The lowest BCUT2D eigenvalue weighted by Crippen LogP contribution is -2.09. The lowest BCUT2D eigenvalue weighted by molar-refractivity contribution is 0.1000. The summed E-state index contributed by atoms with van der Waals surface area (Å²) in [4.78, 5) is 27.4. The molecule has 4 N–H and O–H groups in total. The van der Waals surface area contributed by atoms with Crippen LogP contribution >= 0.6 is 0 Å². The Bertz CT molecular complexity index is 2250. The molecular formula is C53H67N5O2. The van der Waals surface area contributed by atoms with Crippen molar-refractivity contribution in [1.82, 2.24) is 19.9 Å². The van der Waals surface area contributed by atoms with E-state index < -0.39 is 0 Å². The number of hydrogen-bond donors (Lipinski definition) is 3. The predicted molar refractivity (Wildman–Crippen MR) is 254 cm³/mol. The zero-order valence-electron chi connectivity index (χ0n) is 36.4. The zero-order chi connectivity index (χ0) is 42.2. The van der Waals surface area contributed by atoms with Gasteiger partial charge in [-0.2, -0.15) is 0 Å². The fourth-order valence-electron chi connectivity index (χ4n) is 7.30. The van der Waals surface area contributed by atoms with Gasteiger partial charge in [-0.1, -0.05) is 166 Å². The molecule has 3 aromatic heterocycles. The largest absolute Gasteiger partial charge is 0.491 e. The van der Waals surface area contributed by atoms with Gasteiger partial charge in [0.25, 0.3) is 0 Å². The van der Waals surface area contributed by atoms with E-state index in [0.717, 1.165) is 68.2 Å². The van der Waals surface area contributed by atoms with E-state index in [2.05, 4.69) is 104 Å². The van der Waals surface area contributed by atoms with Gasteiger partial charge in [0, 0.05) is 27.6 Å². The van der Waals surface area contributed by atoms with Crippen molar-refractivity contribution in [3.63, 3.8) is 0 Å². The minimum atomic E-state index is -0.379. The maximum absolute atomic E-state index is 10.4. The van der Waals surface area contributed by atoms with Gasteiger partial charge in [0.05, 0.1) is 29.3 Å². The average Bonchev–Trinajstić information content (AvgIpc) is 4.08. The number of carbonyl (C=O) groups is 1. The van der Waals surface area contributed by atoms with Crippen LogP contribution in [0.2, 0.25) is 0 Å². The summed E-state index contributed by atoms with van der Waals surface area (Å²) in [5, 5.41) is 0. The number of rotatable bonds is 19. The van der Waals surface area contributed by atoms with Crippen LogP contribution in [0.25, 0.3) is 45.6 Å². The van der Waals surface area contributed by atoms with Crippen molar-refractivity contribution in [2.75, 3.05) is 6.61 Å². The van der Waals surface area contributed by atoms with Gasteiger partial charge in [0.15, 0.2) is 5.76 Å². The zero-order valence-corrected chi connectivity index (χ0v) is 36.4. The van der Waals surface area contributed by atoms with Crippen molar-refractivity contribution in [2.24, 2.45) is 5.73 Å². The summed E-state index contributed by atoms with van der Waals surface area (Å²) in [5.74, 6) is 0.459. The molecule has 2 aliphatic heterocycles. The van der Waals surface area contributed by atoms with Crippen LogP contribution in [0.3, 0.4) is 0 Å². The van der Waals surface area contributed by atoms with Crippen molar-refractivity contribution < 1.29 is 9.53 Å². The third kappa shape index (κ3) is 15.2. The van der Waals surface area contributed by atoms with Crippen LogP contribution < -0.4 is 5.73 Å². The molecule has 0 saturated heterocycles. The van der Waals surface area contributed by atoms with Gasteiger partial charge >= 0.3 is 0 Å². The smallest absolute Gasteiger partial charge is 0.248 e. The van der Waals surface area contributed by atoms with Gasteiger partial charge < -0.3 is 20.4 Å². The standard InChI is InChI=1S/C38H42N4O.C8H18.C7H7NO/c1-2-3-4-5-6-7-8-9-10-14-23-43-38-36-27-34-22-20-32(41-34)25-30-18-17-29(39-30)24-31-19-21-33(40-31)26-35(42-36)37(38)28-15-12-11-13-16-28;1-3-5-7-8-6-4-2;8-7(9)6-4-2-1-3-5-6/h11-13,15-22,24-27,39,41H,2-10,14,23H2,1H3;3-8H2,1-2H3;1-5H,(H2,8,9). The lowest BCUT2D eigenvalue weighted by atomic mass is 10.0. The fraction of sp³-hybridized carbons (Fsp3) is 0.377. The van der Waals surface area contributed by atoms with Crippen molar-refractivity contribution in [3.8, 4) is 0 Å². The number of ether oxygens (including phenoxy) is 1. The SMILES string of the molecule is CCCCCCCC.CCCCCCCCCCCCOC1=C(c2ccccc2)c2cc3nc(cc4ccc(cc5ccc(cc1n2)[nH]5)[nH]4)C=C3.NC(=O)c1ccccc1. The van der Waals surface area contributed by atoms with Crippen LogP contribution in [0.1, 0.15) is 162 Å². The van der Waals surface area contributed by atoms with Gasteiger partial charge in [0.2, 0.25) is 5.91 Å². The number of H-pyrrole nitrogens is 2. The molecule has 7 rings (SSSR count). The first-order valence-electron chi connectivity index (χ1n) is 22.6. The first-order chi connectivity index (χ1) is 29.5. The number of nitrogens with one attached hydrogen (secondary N) is 2. The molecule has 316 valence electrons. The molecule has 0 spiro atoms. The Balaban J connectivity index is 0.000000334. The van der Waals surface area contributed by atoms with E-state index in [4.69, 9.17) is 20.4 Å². The normalized spacial score (nSPS) is 11.7. The minimum Gasteiger partial charge on any atom is -0.491 e. The van der Waals surface area contributed by atoms with E-state index in [1.165, 1.54) is 96.3 Å². The average molecular weight is 806 g/mol. The number of benzene rings is 2. The number of hydrogen-bond acceptors (Lipinski definition) is 4. The van der Waals surface area contributed by atoms with Crippen molar-refractivity contribution >= 4 is 51.5 Å². The molecule has 1 amide bonds. The number of aromatic amines is 2. The number of nitrogens with zero attached hydrogens (tertiary/aromatic N) is 2. The van der Waals surface area contributed by atoms with Crippen LogP contribution in [0, 0.1) is 0 Å². The number of amides is 1. The highest BCUT2D eigenvalue weighted by Crippen LogP contribution is 2.36. The summed E-state index contributed by atoms with van der Waals surface area (Å²) in [5.41, 5.74) is 15.2. The molecule has 2 aliphatic rings. The molecule has 2 aromatic carbocycles. The highest BCUT2D eigenvalue weighted by atomic mass is 16.5. The molecule has 8 bridgehead atoms. The van der Waals surface area contributed by atoms with Crippen LogP contribution in [-0.2, 0) is 4.74 Å². The number of unbranched alkanes of at least 4 members (excludes halogenated alkanes) is 14. The summed E-state index contributed by atoms with van der Waals surface area (Å²) in [6.45, 7) is 7.46. The molecule has 0 radical (unpaired) electrons. The predicted octanol–water partition coefficient (Wildman–Crippen LogP) is 14.5. The summed E-state index contributed by atoms with van der Waals surface area (Å²) in [6.07, 6.45) is 25.6. The Labute approximate surface area is 358 Å². The van der Waals surface area contributed by atoms with Crippen LogP contribution in [-0.4, -0.2) is 32.4 Å². The molecule has 7 nitrogen and oxygen atoms in total. The Morgan fingerprint density at radius 1 is 0.517 bits per heavy atom. The summed E-state index contributed by atoms with van der Waals surface area (Å²) in [7, 11) is 0. The van der Waals surface area contributed by atoms with Gasteiger partial charge in [-0.3, -0.25) is 4.79 Å². The van der Waals surface area contributed by atoms with E-state index >= 15 is 0 Å². The van der Waals surface area contributed by atoms with Gasteiger partial charge in [-0.05, 0) is 84.8 Å². The maximum atomic E-state index is 10.4. The molecule has 5 aromatic rings. The summed E-state index contributed by atoms with van der Waals surface area (Å²) >= 11 is 0. The first-order valence-corrected chi connectivity index (χ1v) is 22.6. The van der Waals surface area contributed by atoms with E-state index in [1.54, 1.807) is 24.3 Å². The first kappa shape index (κ1) is 45.4. The molecule has 0 fully saturated rings. The molecule has 0 saturated carbocycles. The Hall–Kier alpha value is -5.69. The highest BCUT2D eigenvalue weighted by Gasteiger charge is 2.23. The Kier molecular flexibility index (Phi) is 19.5. The summed E-state index contributed by atoms with van der Waals surface area (Å²) < 4.78 is 6.63. The quantitative estimate of drug-likeness (QED) is 0.0708. The van der Waals surface area contributed by atoms with Crippen molar-refractivity contribution in [2.45, 2.75) is 124 Å². The van der Waals surface area contributed by atoms with Crippen LogP contribution in [0.5, 0.6) is 0 Å². The van der Waals surface area contributed by atoms with Crippen molar-refractivity contribution in [3.05, 3.63) is 143 Å². The van der Waals surface area contributed by atoms with E-state index in [1.807, 2.05) is 24.3 Å². The molecule has 0 unspecified atom stereocenters. The van der Waals surface area contributed by atoms with E-state index in [-0.39, 0.29) is 5.91 Å². The van der Waals surface area contributed by atoms with Crippen molar-refractivity contribution in [1.29, 1.82) is 0 Å². The second kappa shape index (κ2) is 25.7. The number of nitrogens with two attached hydrogens (primary N) is 1. The van der Waals surface area contributed by atoms with E-state index in [0.29, 0.717) is 12.2 Å². The lowest BCUT2D eigenvalue weighted by Gasteiger charge is -2.11. The molecule has 7 heteroatoms. The van der Waals surface area contributed by atoms with Gasteiger partial charge in [0.1, 0.15) is 5.69 Å². The number of primary amides is 1. The fourth-order valence-corrected chi connectivity index (χ4v) is 7.30. The second-order valence-corrected chi connectivity index (χ2v) is 15.7. The van der Waals surface area contributed by atoms with E-state index in [9.17, 15) is 4.79 Å². The molecule has 0 aliphatic carbocycles. The number of fused-ring (bicyclic) bond motifs is 8. The molecule has 5 heterocycles.